The monoisotopic (exact) mass is 180 g/mol. The molecule has 0 aliphatic rings. The lowest BCUT2D eigenvalue weighted by atomic mass is 10.4. The van der Waals surface area contributed by atoms with Crippen LogP contribution in [0.3, 0.4) is 0 Å². The first-order valence-corrected chi connectivity index (χ1v) is 4.39. The van der Waals surface area contributed by atoms with E-state index in [0.29, 0.717) is 0 Å². The van der Waals surface area contributed by atoms with Gasteiger partial charge in [0.1, 0.15) is 11.6 Å². The summed E-state index contributed by atoms with van der Waals surface area (Å²) < 4.78 is 5.47. The van der Waals surface area contributed by atoms with Gasteiger partial charge in [-0.25, -0.2) is 4.98 Å². The molecule has 0 aromatic carbocycles. The largest absolute Gasteiger partial charge is 0.489 e. The average Bonchev–Trinajstić information content (AvgIpc) is 2.04. The van der Waals surface area contributed by atoms with Crippen molar-refractivity contribution in [2.45, 2.75) is 20.0 Å². The summed E-state index contributed by atoms with van der Waals surface area (Å²) in [7, 11) is 3.93. The fourth-order valence-electron chi connectivity index (χ4n) is 0.979. The smallest absolute Gasteiger partial charge is 0.138 e. The Balaban J connectivity index is 2.70. The lowest BCUT2D eigenvalue weighted by molar-refractivity contribution is 0.241. The standard InChI is InChI=1S/C10H16N2O/c1-8(2)13-9-5-6-10(11-7-9)12(3)4/h5-8H,1-4H3. The fourth-order valence-corrected chi connectivity index (χ4v) is 0.979. The lowest BCUT2D eigenvalue weighted by Crippen LogP contribution is -2.11. The summed E-state index contributed by atoms with van der Waals surface area (Å²) in [5.41, 5.74) is 0. The van der Waals surface area contributed by atoms with Gasteiger partial charge in [0.2, 0.25) is 0 Å². The van der Waals surface area contributed by atoms with E-state index >= 15 is 0 Å². The highest BCUT2D eigenvalue weighted by Crippen LogP contribution is 2.14. The third-order valence-corrected chi connectivity index (χ3v) is 1.55. The molecule has 0 bridgehead atoms. The third-order valence-electron chi connectivity index (χ3n) is 1.55. The van der Waals surface area contributed by atoms with Gasteiger partial charge < -0.3 is 9.64 Å². The first-order valence-electron chi connectivity index (χ1n) is 4.39. The normalized spacial score (nSPS) is 10.2. The number of aromatic nitrogens is 1. The topological polar surface area (TPSA) is 25.4 Å². The summed E-state index contributed by atoms with van der Waals surface area (Å²) in [5.74, 6) is 1.76. The quantitative estimate of drug-likeness (QED) is 0.710. The molecule has 0 saturated heterocycles. The Kier molecular flexibility index (Phi) is 3.12. The van der Waals surface area contributed by atoms with Crippen LogP contribution in [0.25, 0.3) is 0 Å². The van der Waals surface area contributed by atoms with Crippen molar-refractivity contribution in [3.8, 4) is 5.75 Å². The number of ether oxygens (including phenoxy) is 1. The van der Waals surface area contributed by atoms with Crippen LogP contribution in [-0.2, 0) is 0 Å². The molecule has 0 radical (unpaired) electrons. The van der Waals surface area contributed by atoms with Gasteiger partial charge in [-0.2, -0.15) is 0 Å². The predicted molar refractivity (Wildman–Crippen MR) is 54.3 cm³/mol. The molecule has 0 aliphatic carbocycles. The SMILES string of the molecule is CC(C)Oc1ccc(N(C)C)nc1. The van der Waals surface area contributed by atoms with Gasteiger partial charge in [-0.05, 0) is 26.0 Å². The van der Waals surface area contributed by atoms with Crippen LogP contribution >= 0.6 is 0 Å². The maximum Gasteiger partial charge on any atom is 0.138 e. The van der Waals surface area contributed by atoms with E-state index in [1.54, 1.807) is 6.20 Å². The molecular weight excluding hydrogens is 164 g/mol. The molecule has 0 unspecified atom stereocenters. The van der Waals surface area contributed by atoms with E-state index in [2.05, 4.69) is 4.98 Å². The molecule has 72 valence electrons. The van der Waals surface area contributed by atoms with Crippen molar-refractivity contribution in [2.75, 3.05) is 19.0 Å². The van der Waals surface area contributed by atoms with E-state index in [0.717, 1.165) is 11.6 Å². The number of pyridine rings is 1. The summed E-state index contributed by atoms with van der Waals surface area (Å²) in [6, 6.07) is 3.88. The number of hydrogen-bond acceptors (Lipinski definition) is 3. The molecule has 0 fully saturated rings. The first-order chi connectivity index (χ1) is 6.09. The van der Waals surface area contributed by atoms with Gasteiger partial charge in [0.25, 0.3) is 0 Å². The van der Waals surface area contributed by atoms with Crippen molar-refractivity contribution in [3.05, 3.63) is 18.3 Å². The van der Waals surface area contributed by atoms with E-state index in [-0.39, 0.29) is 6.10 Å². The van der Waals surface area contributed by atoms with Crippen molar-refractivity contribution in [1.82, 2.24) is 4.98 Å². The predicted octanol–water partition coefficient (Wildman–Crippen LogP) is 1.93. The number of nitrogens with zero attached hydrogens (tertiary/aromatic N) is 2. The Labute approximate surface area is 79.3 Å². The van der Waals surface area contributed by atoms with Crippen molar-refractivity contribution < 1.29 is 4.74 Å². The highest BCUT2D eigenvalue weighted by atomic mass is 16.5. The molecule has 0 aliphatic heterocycles. The zero-order valence-electron chi connectivity index (χ0n) is 8.61. The second-order valence-electron chi connectivity index (χ2n) is 3.41. The maximum absolute atomic E-state index is 5.47. The average molecular weight is 180 g/mol. The van der Waals surface area contributed by atoms with Crippen molar-refractivity contribution in [2.24, 2.45) is 0 Å². The van der Waals surface area contributed by atoms with Gasteiger partial charge in [0.15, 0.2) is 0 Å². The van der Waals surface area contributed by atoms with Crippen LogP contribution in [0.1, 0.15) is 13.8 Å². The van der Waals surface area contributed by atoms with Gasteiger partial charge in [-0.1, -0.05) is 0 Å². The van der Waals surface area contributed by atoms with Gasteiger partial charge in [0, 0.05) is 14.1 Å². The van der Waals surface area contributed by atoms with Crippen LogP contribution in [0.5, 0.6) is 5.75 Å². The minimum Gasteiger partial charge on any atom is -0.489 e. The molecule has 3 heteroatoms. The zero-order chi connectivity index (χ0) is 9.84. The molecule has 1 aromatic rings. The molecule has 13 heavy (non-hydrogen) atoms. The minimum absolute atomic E-state index is 0.201. The Morgan fingerprint density at radius 2 is 2.00 bits per heavy atom. The highest BCUT2D eigenvalue weighted by Gasteiger charge is 1.99. The molecule has 0 N–H and O–H groups in total. The van der Waals surface area contributed by atoms with Crippen LogP contribution in [-0.4, -0.2) is 25.2 Å². The molecule has 0 atom stereocenters. The van der Waals surface area contributed by atoms with Crippen LogP contribution < -0.4 is 9.64 Å². The van der Waals surface area contributed by atoms with Crippen LogP contribution in [0, 0.1) is 0 Å². The molecular formula is C10H16N2O. The van der Waals surface area contributed by atoms with Crippen molar-refractivity contribution >= 4 is 5.82 Å². The Morgan fingerprint density at radius 1 is 1.31 bits per heavy atom. The second-order valence-corrected chi connectivity index (χ2v) is 3.41. The van der Waals surface area contributed by atoms with Gasteiger partial charge in [0.05, 0.1) is 12.3 Å². The van der Waals surface area contributed by atoms with Crippen LogP contribution in [0.15, 0.2) is 18.3 Å². The van der Waals surface area contributed by atoms with Crippen LogP contribution in [0.2, 0.25) is 0 Å². The molecule has 1 rings (SSSR count). The minimum atomic E-state index is 0.201. The van der Waals surface area contributed by atoms with Gasteiger partial charge in [-0.3, -0.25) is 0 Å². The Morgan fingerprint density at radius 3 is 2.38 bits per heavy atom. The molecule has 1 aromatic heterocycles. The zero-order valence-corrected chi connectivity index (χ0v) is 8.61. The summed E-state index contributed by atoms with van der Waals surface area (Å²) >= 11 is 0. The first kappa shape index (κ1) is 9.84. The second kappa shape index (κ2) is 4.12. The van der Waals surface area contributed by atoms with Gasteiger partial charge >= 0.3 is 0 Å². The molecule has 1 heterocycles. The number of anilines is 1. The maximum atomic E-state index is 5.47. The molecule has 3 nitrogen and oxygen atoms in total. The molecule has 0 amide bonds. The van der Waals surface area contributed by atoms with Crippen LogP contribution in [0.4, 0.5) is 5.82 Å². The van der Waals surface area contributed by atoms with Crippen molar-refractivity contribution in [1.29, 1.82) is 0 Å². The molecule has 0 saturated carbocycles. The Hall–Kier alpha value is -1.25. The highest BCUT2D eigenvalue weighted by molar-refractivity contribution is 5.38. The van der Waals surface area contributed by atoms with E-state index in [9.17, 15) is 0 Å². The number of hydrogen-bond donors (Lipinski definition) is 0. The summed E-state index contributed by atoms with van der Waals surface area (Å²) in [6.07, 6.45) is 1.95. The molecule has 0 spiro atoms. The summed E-state index contributed by atoms with van der Waals surface area (Å²) in [6.45, 7) is 4.00. The summed E-state index contributed by atoms with van der Waals surface area (Å²) in [4.78, 5) is 6.19. The van der Waals surface area contributed by atoms with Crippen molar-refractivity contribution in [3.63, 3.8) is 0 Å². The van der Waals surface area contributed by atoms with E-state index in [1.165, 1.54) is 0 Å². The lowest BCUT2D eigenvalue weighted by Gasteiger charge is -2.13. The Bertz CT molecular complexity index is 254. The third kappa shape index (κ3) is 2.93. The summed E-state index contributed by atoms with van der Waals surface area (Å²) in [5, 5.41) is 0. The van der Waals surface area contributed by atoms with E-state index < -0.39 is 0 Å². The van der Waals surface area contributed by atoms with E-state index in [1.807, 2.05) is 45.0 Å². The van der Waals surface area contributed by atoms with Gasteiger partial charge in [-0.15, -0.1) is 0 Å². The fraction of sp³-hybridized carbons (Fsp3) is 0.500. The number of rotatable bonds is 3. The van der Waals surface area contributed by atoms with E-state index in [4.69, 9.17) is 4.74 Å².